The third-order valence-corrected chi connectivity index (χ3v) is 3.24. The van der Waals surface area contributed by atoms with Gasteiger partial charge in [-0.15, -0.1) is 0 Å². The Kier molecular flexibility index (Phi) is 5.12. The monoisotopic (exact) mass is 238 g/mol. The molecular formula is C13H26N4. The minimum absolute atomic E-state index is 0.209. The molecule has 0 unspecified atom stereocenters. The summed E-state index contributed by atoms with van der Waals surface area (Å²) in [6, 6.07) is 0. The van der Waals surface area contributed by atoms with Crippen molar-refractivity contribution < 1.29 is 0 Å². The van der Waals surface area contributed by atoms with Gasteiger partial charge in [-0.05, 0) is 20.3 Å². The first-order chi connectivity index (χ1) is 8.02. The van der Waals surface area contributed by atoms with E-state index in [1.54, 1.807) is 0 Å². The Morgan fingerprint density at radius 1 is 1.18 bits per heavy atom. The Bertz CT molecular complexity index is 341. The van der Waals surface area contributed by atoms with E-state index in [2.05, 4.69) is 50.0 Å². The molecule has 1 heterocycles. The van der Waals surface area contributed by atoms with Crippen LogP contribution in [0, 0.1) is 0 Å². The summed E-state index contributed by atoms with van der Waals surface area (Å²) in [5, 5.41) is 8.06. The van der Waals surface area contributed by atoms with Crippen molar-refractivity contribution in [1.29, 1.82) is 0 Å². The van der Waals surface area contributed by atoms with Crippen LogP contribution in [0.3, 0.4) is 0 Å². The molecule has 4 heteroatoms. The molecule has 0 bridgehead atoms. The van der Waals surface area contributed by atoms with E-state index in [1.807, 2.05) is 4.68 Å². The van der Waals surface area contributed by atoms with Gasteiger partial charge in [0, 0.05) is 24.9 Å². The highest BCUT2D eigenvalue weighted by atomic mass is 15.3. The molecule has 0 atom stereocenters. The lowest BCUT2D eigenvalue weighted by atomic mass is 10.0. The molecule has 1 rings (SSSR count). The Hall–Kier alpha value is -0.900. The maximum Gasteiger partial charge on any atom is 0.150 e. The van der Waals surface area contributed by atoms with E-state index in [1.165, 1.54) is 0 Å². The minimum Gasteiger partial charge on any atom is -0.310 e. The van der Waals surface area contributed by atoms with Crippen LogP contribution in [0.2, 0.25) is 0 Å². The topological polar surface area (TPSA) is 42.7 Å². The predicted octanol–water partition coefficient (Wildman–Crippen LogP) is 2.18. The van der Waals surface area contributed by atoms with Gasteiger partial charge in [0.2, 0.25) is 0 Å². The SMILES string of the molecule is CCc1nc(CC)n(CCNC(C)(C)CC)n1. The van der Waals surface area contributed by atoms with E-state index in [-0.39, 0.29) is 5.54 Å². The fourth-order valence-corrected chi connectivity index (χ4v) is 1.64. The third kappa shape index (κ3) is 4.11. The predicted molar refractivity (Wildman–Crippen MR) is 71.2 cm³/mol. The summed E-state index contributed by atoms with van der Waals surface area (Å²) in [5.74, 6) is 2.05. The van der Waals surface area contributed by atoms with Gasteiger partial charge in [0.25, 0.3) is 0 Å². The van der Waals surface area contributed by atoms with Crippen LogP contribution >= 0.6 is 0 Å². The molecule has 0 radical (unpaired) electrons. The van der Waals surface area contributed by atoms with Gasteiger partial charge >= 0.3 is 0 Å². The Labute approximate surface area is 105 Å². The van der Waals surface area contributed by atoms with E-state index >= 15 is 0 Å². The van der Waals surface area contributed by atoms with Gasteiger partial charge in [-0.25, -0.2) is 9.67 Å². The molecule has 1 N–H and O–H groups in total. The van der Waals surface area contributed by atoms with E-state index in [9.17, 15) is 0 Å². The van der Waals surface area contributed by atoms with Crippen LogP contribution in [0.25, 0.3) is 0 Å². The van der Waals surface area contributed by atoms with E-state index in [0.29, 0.717) is 0 Å². The van der Waals surface area contributed by atoms with E-state index in [0.717, 1.165) is 44.0 Å². The van der Waals surface area contributed by atoms with Crippen LogP contribution in [-0.2, 0) is 19.4 Å². The Balaban J connectivity index is 2.54. The second-order valence-corrected chi connectivity index (χ2v) is 5.04. The zero-order valence-electron chi connectivity index (χ0n) is 11.9. The first kappa shape index (κ1) is 14.2. The van der Waals surface area contributed by atoms with Crippen LogP contribution in [-0.4, -0.2) is 26.8 Å². The summed E-state index contributed by atoms with van der Waals surface area (Å²) in [6.07, 6.45) is 2.99. The van der Waals surface area contributed by atoms with Gasteiger partial charge in [0.15, 0.2) is 5.82 Å². The normalized spacial score (nSPS) is 12.1. The van der Waals surface area contributed by atoms with Crippen LogP contribution in [0.4, 0.5) is 0 Å². The highest BCUT2D eigenvalue weighted by Gasteiger charge is 2.13. The highest BCUT2D eigenvalue weighted by Crippen LogP contribution is 2.06. The number of aryl methyl sites for hydroxylation is 2. The van der Waals surface area contributed by atoms with Gasteiger partial charge < -0.3 is 5.32 Å². The second-order valence-electron chi connectivity index (χ2n) is 5.04. The largest absolute Gasteiger partial charge is 0.310 e. The number of hydrogen-bond donors (Lipinski definition) is 1. The molecule has 0 saturated heterocycles. The van der Waals surface area contributed by atoms with Crippen molar-refractivity contribution in [3.8, 4) is 0 Å². The fourth-order valence-electron chi connectivity index (χ4n) is 1.64. The van der Waals surface area contributed by atoms with Crippen molar-refractivity contribution in [3.63, 3.8) is 0 Å². The molecule has 17 heavy (non-hydrogen) atoms. The summed E-state index contributed by atoms with van der Waals surface area (Å²) in [6.45, 7) is 12.7. The maximum absolute atomic E-state index is 4.51. The maximum atomic E-state index is 4.51. The molecule has 0 aliphatic heterocycles. The average Bonchev–Trinajstić information content (AvgIpc) is 2.71. The summed E-state index contributed by atoms with van der Waals surface area (Å²) in [7, 11) is 0. The van der Waals surface area contributed by atoms with Crippen LogP contribution in [0.15, 0.2) is 0 Å². The number of rotatable bonds is 7. The van der Waals surface area contributed by atoms with Crippen molar-refractivity contribution in [2.45, 2.75) is 66.0 Å². The van der Waals surface area contributed by atoms with Gasteiger partial charge in [-0.1, -0.05) is 20.8 Å². The zero-order valence-corrected chi connectivity index (χ0v) is 11.9. The van der Waals surface area contributed by atoms with Crippen LogP contribution in [0.5, 0.6) is 0 Å². The fraction of sp³-hybridized carbons (Fsp3) is 0.846. The minimum atomic E-state index is 0.209. The molecule has 1 aromatic heterocycles. The van der Waals surface area contributed by atoms with Crippen molar-refractivity contribution in [3.05, 3.63) is 11.6 Å². The third-order valence-electron chi connectivity index (χ3n) is 3.24. The van der Waals surface area contributed by atoms with Gasteiger partial charge in [0.05, 0.1) is 6.54 Å². The first-order valence-corrected chi connectivity index (χ1v) is 6.70. The lowest BCUT2D eigenvalue weighted by molar-refractivity contribution is 0.361. The van der Waals surface area contributed by atoms with Gasteiger partial charge in [-0.2, -0.15) is 5.10 Å². The number of nitrogens with zero attached hydrogens (tertiary/aromatic N) is 3. The molecule has 0 aromatic carbocycles. The molecule has 0 fully saturated rings. The van der Waals surface area contributed by atoms with Crippen molar-refractivity contribution >= 4 is 0 Å². The van der Waals surface area contributed by atoms with Crippen LogP contribution < -0.4 is 5.32 Å². The standard InChI is InChI=1S/C13H26N4/c1-6-11-15-12(7-2)17(16-11)10-9-14-13(4,5)8-3/h14H,6-10H2,1-5H3. The average molecular weight is 238 g/mol. The zero-order chi connectivity index (χ0) is 12.9. The molecule has 1 aromatic rings. The summed E-state index contributed by atoms with van der Waals surface area (Å²) >= 11 is 0. The smallest absolute Gasteiger partial charge is 0.150 e. The first-order valence-electron chi connectivity index (χ1n) is 6.70. The summed E-state index contributed by atoms with van der Waals surface area (Å²) < 4.78 is 2.04. The highest BCUT2D eigenvalue weighted by molar-refractivity contribution is 4.92. The molecular weight excluding hydrogens is 212 g/mol. The molecule has 0 spiro atoms. The lowest BCUT2D eigenvalue weighted by Crippen LogP contribution is -2.40. The summed E-state index contributed by atoms with van der Waals surface area (Å²) in [4.78, 5) is 4.51. The Morgan fingerprint density at radius 3 is 2.41 bits per heavy atom. The quantitative estimate of drug-likeness (QED) is 0.791. The van der Waals surface area contributed by atoms with Gasteiger partial charge in [0.1, 0.15) is 5.82 Å². The van der Waals surface area contributed by atoms with E-state index < -0.39 is 0 Å². The molecule has 0 amide bonds. The molecule has 4 nitrogen and oxygen atoms in total. The molecule has 0 saturated carbocycles. The number of hydrogen-bond acceptors (Lipinski definition) is 3. The number of aromatic nitrogens is 3. The number of nitrogens with one attached hydrogen (secondary N) is 1. The van der Waals surface area contributed by atoms with Crippen LogP contribution in [0.1, 0.15) is 52.7 Å². The molecule has 0 aliphatic rings. The van der Waals surface area contributed by atoms with Crippen molar-refractivity contribution in [2.24, 2.45) is 0 Å². The van der Waals surface area contributed by atoms with Gasteiger partial charge in [-0.3, -0.25) is 0 Å². The second kappa shape index (κ2) is 6.15. The lowest BCUT2D eigenvalue weighted by Gasteiger charge is -2.24. The van der Waals surface area contributed by atoms with Crippen molar-refractivity contribution in [1.82, 2.24) is 20.1 Å². The Morgan fingerprint density at radius 2 is 1.88 bits per heavy atom. The molecule has 98 valence electrons. The molecule has 0 aliphatic carbocycles. The summed E-state index contributed by atoms with van der Waals surface area (Å²) in [5.41, 5.74) is 0.209. The van der Waals surface area contributed by atoms with E-state index in [4.69, 9.17) is 0 Å². The van der Waals surface area contributed by atoms with Crippen molar-refractivity contribution in [2.75, 3.05) is 6.54 Å².